The maximum Gasteiger partial charge on any atom is 0.196 e. The van der Waals surface area contributed by atoms with Crippen LogP contribution in [0.4, 0.5) is 0 Å². The Bertz CT molecular complexity index is 327. The van der Waals surface area contributed by atoms with Gasteiger partial charge in [-0.2, -0.15) is 11.8 Å². The predicted octanol–water partition coefficient (Wildman–Crippen LogP) is 3.60. The maximum atomic E-state index is 11.2. The summed E-state index contributed by atoms with van der Waals surface area (Å²) in [6.07, 6.45) is 1.16. The maximum absolute atomic E-state index is 11.2. The van der Waals surface area contributed by atoms with Gasteiger partial charge in [-0.1, -0.05) is 13.8 Å². The van der Waals surface area contributed by atoms with Crippen molar-refractivity contribution in [3.63, 3.8) is 0 Å². The third-order valence-electron chi connectivity index (χ3n) is 2.03. The first-order valence-corrected chi connectivity index (χ1v) is 7.28. The number of ketones is 1. The average Bonchev–Trinajstić information content (AvgIpc) is 2.73. The number of Topliss-reactive ketones (excluding diaryl/α,β-unsaturated/α-hetero) is 1. The normalized spacial score (nSPS) is 12.7. The molecule has 0 N–H and O–H groups in total. The lowest BCUT2D eigenvalue weighted by Crippen LogP contribution is -2.00. The highest BCUT2D eigenvalue weighted by Gasteiger charge is 2.10. The first kappa shape index (κ1) is 13.0. The van der Waals surface area contributed by atoms with Crippen LogP contribution in [0.2, 0.25) is 0 Å². The number of carbonyl (C=O) groups is 1. The van der Waals surface area contributed by atoms with E-state index in [9.17, 15) is 4.79 Å². The summed E-state index contributed by atoms with van der Waals surface area (Å²) in [6, 6.07) is 0. The van der Waals surface area contributed by atoms with E-state index >= 15 is 0 Å². The van der Waals surface area contributed by atoms with Crippen molar-refractivity contribution < 1.29 is 4.79 Å². The van der Waals surface area contributed by atoms with Gasteiger partial charge in [0.25, 0.3) is 0 Å². The molecule has 0 bridgehead atoms. The molecule has 1 aromatic rings. The first-order chi connectivity index (χ1) is 7.17. The van der Waals surface area contributed by atoms with E-state index in [2.05, 4.69) is 18.8 Å². The van der Waals surface area contributed by atoms with Gasteiger partial charge in [0.2, 0.25) is 0 Å². The quantitative estimate of drug-likeness (QED) is 0.580. The SMILES string of the molecule is CCC(C)SCc1nc(C(=O)CCl)cs1. The molecule has 1 aromatic heterocycles. The molecular formula is C10H14ClNOS2. The van der Waals surface area contributed by atoms with Crippen molar-refractivity contribution >= 4 is 40.5 Å². The summed E-state index contributed by atoms with van der Waals surface area (Å²) in [6.45, 7) is 4.37. The number of hydrogen-bond acceptors (Lipinski definition) is 4. The Labute approximate surface area is 103 Å². The lowest BCUT2D eigenvalue weighted by Gasteiger charge is -2.04. The summed E-state index contributed by atoms with van der Waals surface area (Å²) in [5, 5.41) is 3.44. The van der Waals surface area contributed by atoms with Crippen LogP contribution in [0.5, 0.6) is 0 Å². The zero-order chi connectivity index (χ0) is 11.3. The average molecular weight is 264 g/mol. The fourth-order valence-corrected chi connectivity index (χ4v) is 2.83. The standard InChI is InChI=1S/C10H14ClNOS2/c1-3-7(2)14-6-10-12-8(5-15-10)9(13)4-11/h5,7H,3-4,6H2,1-2H3. The second kappa shape index (κ2) is 6.51. The summed E-state index contributed by atoms with van der Waals surface area (Å²) >= 11 is 8.86. The van der Waals surface area contributed by atoms with E-state index in [1.54, 1.807) is 5.38 Å². The second-order valence-electron chi connectivity index (χ2n) is 3.21. The zero-order valence-corrected chi connectivity index (χ0v) is 11.2. The number of thiazole rings is 1. The Kier molecular flexibility index (Phi) is 5.64. The van der Waals surface area contributed by atoms with Crippen LogP contribution >= 0.6 is 34.7 Å². The van der Waals surface area contributed by atoms with Gasteiger partial charge in [0.1, 0.15) is 10.7 Å². The van der Waals surface area contributed by atoms with Crippen molar-refractivity contribution in [2.45, 2.75) is 31.3 Å². The van der Waals surface area contributed by atoms with E-state index in [1.807, 2.05) is 11.8 Å². The number of nitrogens with zero attached hydrogens (tertiary/aromatic N) is 1. The van der Waals surface area contributed by atoms with Crippen molar-refractivity contribution in [1.29, 1.82) is 0 Å². The van der Waals surface area contributed by atoms with Gasteiger partial charge < -0.3 is 0 Å². The second-order valence-corrected chi connectivity index (χ2v) is 5.85. The number of hydrogen-bond donors (Lipinski definition) is 0. The van der Waals surface area contributed by atoms with Gasteiger partial charge in [-0.15, -0.1) is 22.9 Å². The van der Waals surface area contributed by atoms with Gasteiger partial charge in [-0.25, -0.2) is 4.98 Å². The smallest absolute Gasteiger partial charge is 0.196 e. The van der Waals surface area contributed by atoms with Crippen molar-refractivity contribution in [3.8, 4) is 0 Å². The summed E-state index contributed by atoms with van der Waals surface area (Å²) in [4.78, 5) is 15.5. The van der Waals surface area contributed by atoms with Crippen LogP contribution in [0.1, 0.15) is 35.8 Å². The fourth-order valence-electron chi connectivity index (χ4n) is 0.905. The van der Waals surface area contributed by atoms with Crippen LogP contribution in [-0.2, 0) is 5.75 Å². The highest BCUT2D eigenvalue weighted by molar-refractivity contribution is 7.99. The minimum Gasteiger partial charge on any atom is -0.291 e. The lowest BCUT2D eigenvalue weighted by molar-refractivity contribution is 0.101. The van der Waals surface area contributed by atoms with E-state index in [0.29, 0.717) is 10.9 Å². The van der Waals surface area contributed by atoms with Crippen molar-refractivity contribution in [3.05, 3.63) is 16.1 Å². The van der Waals surface area contributed by atoms with Crippen molar-refractivity contribution in [1.82, 2.24) is 4.98 Å². The van der Waals surface area contributed by atoms with Gasteiger partial charge in [-0.3, -0.25) is 4.79 Å². The van der Waals surface area contributed by atoms with Crippen LogP contribution in [-0.4, -0.2) is 21.9 Å². The molecule has 1 heterocycles. The monoisotopic (exact) mass is 263 g/mol. The molecular weight excluding hydrogens is 250 g/mol. The highest BCUT2D eigenvalue weighted by Crippen LogP contribution is 2.22. The number of aromatic nitrogens is 1. The number of alkyl halides is 1. The molecule has 0 radical (unpaired) electrons. The minimum atomic E-state index is -0.0901. The van der Waals surface area contributed by atoms with Crippen LogP contribution in [0.3, 0.4) is 0 Å². The lowest BCUT2D eigenvalue weighted by atomic mass is 10.3. The summed E-state index contributed by atoms with van der Waals surface area (Å²) in [5.74, 6) is 0.810. The van der Waals surface area contributed by atoms with E-state index in [0.717, 1.165) is 17.2 Å². The molecule has 0 saturated carbocycles. The van der Waals surface area contributed by atoms with Gasteiger partial charge in [0.15, 0.2) is 5.78 Å². The molecule has 15 heavy (non-hydrogen) atoms. The van der Waals surface area contributed by atoms with Gasteiger partial charge >= 0.3 is 0 Å². The molecule has 0 fully saturated rings. The molecule has 2 nitrogen and oxygen atoms in total. The van der Waals surface area contributed by atoms with Crippen LogP contribution in [0.15, 0.2) is 5.38 Å². The van der Waals surface area contributed by atoms with E-state index < -0.39 is 0 Å². The Hall–Kier alpha value is -0.0600. The van der Waals surface area contributed by atoms with Gasteiger partial charge in [0.05, 0.1) is 5.88 Å². The molecule has 0 spiro atoms. The number of thioether (sulfide) groups is 1. The number of rotatable bonds is 6. The molecule has 1 atom stereocenters. The van der Waals surface area contributed by atoms with E-state index in [1.165, 1.54) is 11.3 Å². The Morgan fingerprint density at radius 3 is 3.07 bits per heavy atom. The molecule has 5 heteroatoms. The largest absolute Gasteiger partial charge is 0.291 e. The number of carbonyl (C=O) groups excluding carboxylic acids is 1. The summed E-state index contributed by atoms with van der Waals surface area (Å²) < 4.78 is 0. The molecule has 84 valence electrons. The molecule has 1 rings (SSSR count). The molecule has 0 aliphatic heterocycles. The van der Waals surface area contributed by atoms with Crippen molar-refractivity contribution in [2.24, 2.45) is 0 Å². The fraction of sp³-hybridized carbons (Fsp3) is 0.600. The third kappa shape index (κ3) is 4.13. The predicted molar refractivity (Wildman–Crippen MR) is 68.2 cm³/mol. The molecule has 0 saturated heterocycles. The Morgan fingerprint density at radius 1 is 1.73 bits per heavy atom. The van der Waals surface area contributed by atoms with Gasteiger partial charge in [-0.05, 0) is 6.42 Å². The van der Waals surface area contributed by atoms with Crippen molar-refractivity contribution in [2.75, 3.05) is 5.88 Å². The third-order valence-corrected chi connectivity index (χ3v) is 4.64. The highest BCUT2D eigenvalue weighted by atomic mass is 35.5. The van der Waals surface area contributed by atoms with Crippen LogP contribution < -0.4 is 0 Å². The topological polar surface area (TPSA) is 30.0 Å². The number of halogens is 1. The zero-order valence-electron chi connectivity index (χ0n) is 8.83. The molecule has 0 aliphatic rings. The molecule has 0 aliphatic carbocycles. The molecule has 1 unspecified atom stereocenters. The van der Waals surface area contributed by atoms with Gasteiger partial charge in [0, 0.05) is 16.4 Å². The molecule has 0 amide bonds. The Morgan fingerprint density at radius 2 is 2.47 bits per heavy atom. The van der Waals surface area contributed by atoms with Crippen LogP contribution in [0, 0.1) is 0 Å². The van der Waals surface area contributed by atoms with Crippen LogP contribution in [0.25, 0.3) is 0 Å². The van der Waals surface area contributed by atoms with E-state index in [4.69, 9.17) is 11.6 Å². The Balaban J connectivity index is 2.49. The van der Waals surface area contributed by atoms with E-state index in [-0.39, 0.29) is 11.7 Å². The summed E-state index contributed by atoms with van der Waals surface area (Å²) in [5.41, 5.74) is 0.509. The molecule has 0 aromatic carbocycles. The summed E-state index contributed by atoms with van der Waals surface area (Å²) in [7, 11) is 0. The minimum absolute atomic E-state index is 0.0156. The first-order valence-electron chi connectivity index (χ1n) is 4.82.